The number of amides is 1. The Morgan fingerprint density at radius 2 is 1.22 bits per heavy atom. The van der Waals surface area contributed by atoms with Crippen LogP contribution >= 0.6 is 15.3 Å². The zero-order chi connectivity index (χ0) is 32.3. The van der Waals surface area contributed by atoms with E-state index in [0.29, 0.717) is 4.67 Å². The fourth-order valence-corrected chi connectivity index (χ4v) is 7.40. The summed E-state index contributed by atoms with van der Waals surface area (Å²) >= 11 is 0. The molecular formula is C25H51N3O11P2. The van der Waals surface area contributed by atoms with Crippen LogP contribution in [0, 0.1) is 0 Å². The van der Waals surface area contributed by atoms with E-state index in [4.69, 9.17) is 39.0 Å². The fourth-order valence-electron chi connectivity index (χ4n) is 3.42. The number of carbonyl (C=O) groups excluding carboxylic acids is 3. The van der Waals surface area contributed by atoms with Crippen LogP contribution in [0.5, 0.6) is 0 Å². The molecule has 41 heavy (non-hydrogen) atoms. The number of nitrogens with zero attached hydrogens (tertiary/aromatic N) is 1. The largest absolute Gasteiger partial charge is 0.459 e. The highest BCUT2D eigenvalue weighted by atomic mass is 31.2. The fraction of sp³-hybridized carbons (Fsp3) is 0.880. The minimum absolute atomic E-state index is 0.00505. The SMILES string of the molecule is CCOP(=O)(CN(C(=O)[C@@](N)(CCCC(N)C(=O)OC(C)(C)C)C(=O)OC(C)(C)C)P(=O)(OCC)OCC)OCC. The Bertz CT molecular complexity index is 945. The Kier molecular flexibility index (Phi) is 15.9. The summed E-state index contributed by atoms with van der Waals surface area (Å²) in [5, 5.41) is 0. The molecule has 0 bridgehead atoms. The number of nitrogens with two attached hydrogens (primary N) is 2. The van der Waals surface area contributed by atoms with E-state index < -0.39 is 62.3 Å². The van der Waals surface area contributed by atoms with Gasteiger partial charge >= 0.3 is 27.3 Å². The molecule has 16 heteroatoms. The van der Waals surface area contributed by atoms with Crippen molar-refractivity contribution in [2.45, 2.75) is 111 Å². The van der Waals surface area contributed by atoms with Gasteiger partial charge in [0, 0.05) is 0 Å². The van der Waals surface area contributed by atoms with Crippen LogP contribution in [0.2, 0.25) is 0 Å². The zero-order valence-electron chi connectivity index (χ0n) is 26.2. The molecule has 1 unspecified atom stereocenters. The van der Waals surface area contributed by atoms with Gasteiger partial charge in [-0.15, -0.1) is 0 Å². The van der Waals surface area contributed by atoms with Gasteiger partial charge in [-0.25, -0.2) is 14.0 Å². The highest BCUT2D eigenvalue weighted by molar-refractivity contribution is 7.56. The van der Waals surface area contributed by atoms with Crippen molar-refractivity contribution in [3.63, 3.8) is 0 Å². The molecule has 0 radical (unpaired) electrons. The van der Waals surface area contributed by atoms with Crippen molar-refractivity contribution in [2.75, 3.05) is 32.7 Å². The van der Waals surface area contributed by atoms with Gasteiger partial charge in [-0.05, 0) is 88.5 Å². The summed E-state index contributed by atoms with van der Waals surface area (Å²) < 4.78 is 60.1. The predicted octanol–water partition coefficient (Wildman–Crippen LogP) is 4.10. The van der Waals surface area contributed by atoms with E-state index in [9.17, 15) is 23.5 Å². The number of esters is 2. The first-order valence-corrected chi connectivity index (χ1v) is 17.0. The summed E-state index contributed by atoms with van der Waals surface area (Å²) in [5.41, 5.74) is 8.16. The molecule has 4 N–H and O–H groups in total. The summed E-state index contributed by atoms with van der Waals surface area (Å²) in [6, 6.07) is -1.07. The van der Waals surface area contributed by atoms with E-state index in [1.807, 2.05) is 0 Å². The second-order valence-corrected chi connectivity index (χ2v) is 15.1. The molecule has 0 saturated carbocycles. The van der Waals surface area contributed by atoms with Crippen molar-refractivity contribution in [1.82, 2.24) is 4.67 Å². The Hall–Kier alpha value is -1.37. The lowest BCUT2D eigenvalue weighted by Gasteiger charge is -2.37. The quantitative estimate of drug-likeness (QED) is 0.125. The molecule has 1 amide bonds. The number of hydrogen-bond acceptors (Lipinski definition) is 13. The second kappa shape index (κ2) is 16.5. The molecule has 14 nitrogen and oxygen atoms in total. The number of rotatable bonds is 18. The van der Waals surface area contributed by atoms with Gasteiger partial charge in [0.15, 0.2) is 5.54 Å². The Morgan fingerprint density at radius 3 is 1.61 bits per heavy atom. The van der Waals surface area contributed by atoms with E-state index >= 15 is 0 Å². The third kappa shape index (κ3) is 13.2. The van der Waals surface area contributed by atoms with Gasteiger partial charge in [0.25, 0.3) is 5.91 Å². The molecule has 242 valence electrons. The maximum absolute atomic E-state index is 14.2. The molecule has 0 aromatic carbocycles. The van der Waals surface area contributed by atoms with Crippen molar-refractivity contribution in [3.8, 4) is 0 Å². The maximum atomic E-state index is 14.2. The van der Waals surface area contributed by atoms with Gasteiger partial charge in [0.2, 0.25) is 0 Å². The van der Waals surface area contributed by atoms with Crippen molar-refractivity contribution < 1.29 is 51.1 Å². The van der Waals surface area contributed by atoms with E-state index in [2.05, 4.69) is 0 Å². The molecule has 0 aromatic rings. The Balaban J connectivity index is 6.67. The summed E-state index contributed by atoms with van der Waals surface area (Å²) in [6.45, 7) is 15.5. The lowest BCUT2D eigenvalue weighted by atomic mass is 9.91. The summed E-state index contributed by atoms with van der Waals surface area (Å²) in [5.74, 6) is -3.06. The van der Waals surface area contributed by atoms with E-state index in [-0.39, 0.29) is 45.7 Å². The first-order chi connectivity index (χ1) is 18.6. The highest BCUT2D eigenvalue weighted by Gasteiger charge is 2.54. The molecule has 0 saturated heterocycles. The van der Waals surface area contributed by atoms with Crippen molar-refractivity contribution in [3.05, 3.63) is 0 Å². The van der Waals surface area contributed by atoms with Crippen LogP contribution in [0.25, 0.3) is 0 Å². The second-order valence-electron chi connectivity index (χ2n) is 11.1. The molecule has 0 heterocycles. The first-order valence-electron chi connectivity index (χ1n) is 13.7. The van der Waals surface area contributed by atoms with Crippen molar-refractivity contribution >= 4 is 33.2 Å². The van der Waals surface area contributed by atoms with Crippen LogP contribution in [-0.4, -0.2) is 78.0 Å². The molecule has 0 rings (SSSR count). The lowest BCUT2D eigenvalue weighted by Crippen LogP contribution is -2.61. The standard InChI is InChI=1S/C25H51N3O11P2/c1-11-34-40(32,35-12-2)18-28(41(33,36-13-3)37-14-4)21(30)25(27,22(31)39-24(8,9)10)17-15-16-19(26)20(29)38-23(5,6)7/h19H,11-18,26-27H2,1-10H3/t19?,25-/m0/s1. The topological polar surface area (TPSA) is 196 Å². The number of ether oxygens (including phenoxy) is 2. The van der Waals surface area contributed by atoms with Crippen LogP contribution in [0.15, 0.2) is 0 Å². The average molecular weight is 632 g/mol. The van der Waals surface area contributed by atoms with Gasteiger partial charge in [0.05, 0.1) is 26.4 Å². The van der Waals surface area contributed by atoms with E-state index in [1.54, 1.807) is 55.4 Å². The van der Waals surface area contributed by atoms with Crippen LogP contribution in [0.4, 0.5) is 0 Å². The molecular weight excluding hydrogens is 580 g/mol. The predicted molar refractivity (Wildman–Crippen MR) is 154 cm³/mol. The Labute approximate surface area is 244 Å². The monoisotopic (exact) mass is 631 g/mol. The third-order valence-corrected chi connectivity index (χ3v) is 9.25. The van der Waals surface area contributed by atoms with E-state index in [0.717, 1.165) is 0 Å². The smallest absolute Gasteiger partial charge is 0.438 e. The maximum Gasteiger partial charge on any atom is 0.438 e. The summed E-state index contributed by atoms with van der Waals surface area (Å²) in [6.07, 6.45) is -1.30. The average Bonchev–Trinajstić information content (AvgIpc) is 2.80. The van der Waals surface area contributed by atoms with Crippen LogP contribution in [0.1, 0.15) is 88.5 Å². The van der Waals surface area contributed by atoms with Crippen LogP contribution in [-0.2, 0) is 51.1 Å². The molecule has 0 aliphatic carbocycles. The van der Waals surface area contributed by atoms with Crippen molar-refractivity contribution in [1.29, 1.82) is 0 Å². The zero-order valence-corrected chi connectivity index (χ0v) is 28.0. The molecule has 2 atom stereocenters. The number of carbonyl (C=O) groups is 3. The van der Waals surface area contributed by atoms with Crippen molar-refractivity contribution in [2.24, 2.45) is 11.5 Å². The minimum Gasteiger partial charge on any atom is -0.459 e. The van der Waals surface area contributed by atoms with E-state index in [1.165, 1.54) is 13.8 Å². The van der Waals surface area contributed by atoms with Gasteiger partial charge in [0.1, 0.15) is 23.5 Å². The van der Waals surface area contributed by atoms with Gasteiger partial charge < -0.3 is 30.0 Å². The van der Waals surface area contributed by atoms with Gasteiger partial charge in [-0.1, -0.05) is 0 Å². The molecule has 0 fully saturated rings. The Morgan fingerprint density at radius 1 is 0.780 bits per heavy atom. The molecule has 0 aliphatic rings. The summed E-state index contributed by atoms with van der Waals surface area (Å²) in [4.78, 5) is 40.0. The van der Waals surface area contributed by atoms with Gasteiger partial charge in [-0.2, -0.15) is 0 Å². The minimum atomic E-state index is -4.54. The molecule has 0 aliphatic heterocycles. The summed E-state index contributed by atoms with van der Waals surface area (Å²) in [7, 11) is -8.65. The highest BCUT2D eigenvalue weighted by Crippen LogP contribution is 2.59. The number of hydrogen-bond donors (Lipinski definition) is 2. The molecule has 0 spiro atoms. The normalized spacial score (nSPS) is 15.1. The first kappa shape index (κ1) is 39.6. The van der Waals surface area contributed by atoms with Gasteiger partial charge in [-0.3, -0.25) is 23.2 Å². The molecule has 0 aromatic heterocycles. The third-order valence-electron chi connectivity index (χ3n) is 5.01. The van der Waals surface area contributed by atoms with Crippen LogP contribution in [0.3, 0.4) is 0 Å². The lowest BCUT2D eigenvalue weighted by molar-refractivity contribution is -0.166. The van der Waals surface area contributed by atoms with Crippen LogP contribution < -0.4 is 11.5 Å².